The van der Waals surface area contributed by atoms with E-state index in [0.29, 0.717) is 0 Å². The van der Waals surface area contributed by atoms with Crippen LogP contribution in [0.4, 0.5) is 0 Å². The summed E-state index contributed by atoms with van der Waals surface area (Å²) in [6.45, 7) is -0.222. The Bertz CT molecular complexity index is 740. The molecule has 1 fully saturated rings. The molecule has 0 amide bonds. The van der Waals surface area contributed by atoms with E-state index in [1.165, 1.54) is 31.4 Å². The summed E-state index contributed by atoms with van der Waals surface area (Å²) in [5, 5.41) is 0. The summed E-state index contributed by atoms with van der Waals surface area (Å²) in [6, 6.07) is 5.70. The first kappa shape index (κ1) is 15.9. The maximum absolute atomic E-state index is 12.6. The van der Waals surface area contributed by atoms with Crippen LogP contribution in [0.5, 0.6) is 0 Å². The fourth-order valence-corrected chi connectivity index (χ4v) is 5.10. The van der Waals surface area contributed by atoms with Gasteiger partial charge in [0.25, 0.3) is 0 Å². The van der Waals surface area contributed by atoms with E-state index in [1.807, 2.05) is 0 Å². The highest BCUT2D eigenvalue weighted by Gasteiger charge is 2.33. The van der Waals surface area contributed by atoms with E-state index < -0.39 is 25.8 Å². The number of nitrogens with zero attached hydrogens (tertiary/aromatic N) is 1. The molecule has 0 spiro atoms. The van der Waals surface area contributed by atoms with E-state index in [2.05, 4.69) is 4.74 Å². The number of carbonyl (C=O) groups is 1. The number of ether oxygens (including phenoxy) is 1. The molecule has 7 nitrogen and oxygen atoms in total. The molecular weight excluding hydrogens is 318 g/mol. The molecule has 0 aromatic heterocycles. The maximum Gasteiger partial charge on any atom is 0.339 e. The van der Waals surface area contributed by atoms with Crippen molar-refractivity contribution in [3.8, 4) is 0 Å². The van der Waals surface area contributed by atoms with E-state index >= 15 is 0 Å². The van der Waals surface area contributed by atoms with Crippen LogP contribution in [0.15, 0.2) is 29.2 Å². The molecule has 1 aromatic carbocycles. The molecule has 2 rings (SSSR count). The fraction of sp³-hybridized carbons (Fsp3) is 0.417. The van der Waals surface area contributed by atoms with Crippen LogP contribution in [-0.4, -0.2) is 58.8 Å². The second-order valence-corrected chi connectivity index (χ2v) is 8.75. The first-order valence-corrected chi connectivity index (χ1v) is 9.42. The number of sulfone groups is 1. The third-order valence-electron chi connectivity index (χ3n) is 3.21. The average Bonchev–Trinajstić information content (AvgIpc) is 2.46. The lowest BCUT2D eigenvalue weighted by atomic mass is 10.2. The summed E-state index contributed by atoms with van der Waals surface area (Å²) in [5.74, 6) is -1.18. The predicted octanol–water partition coefficient (Wildman–Crippen LogP) is -0.108. The summed E-state index contributed by atoms with van der Waals surface area (Å²) in [6.07, 6.45) is 0. The molecule has 0 saturated carbocycles. The van der Waals surface area contributed by atoms with Crippen molar-refractivity contribution in [1.29, 1.82) is 0 Å². The maximum atomic E-state index is 12.6. The van der Waals surface area contributed by atoms with Crippen LogP contribution >= 0.6 is 0 Å². The SMILES string of the molecule is COC(=O)c1ccccc1S(=O)(=O)N1CCS(=O)(=O)CC1. The van der Waals surface area contributed by atoms with Gasteiger partial charge in [-0.15, -0.1) is 0 Å². The van der Waals surface area contributed by atoms with Crippen LogP contribution in [-0.2, 0) is 24.6 Å². The minimum atomic E-state index is -3.93. The summed E-state index contributed by atoms with van der Waals surface area (Å²) in [4.78, 5) is 11.5. The molecule has 0 atom stereocenters. The van der Waals surface area contributed by atoms with E-state index in [0.717, 1.165) is 4.31 Å². The Hall–Kier alpha value is -1.45. The summed E-state index contributed by atoms with van der Waals surface area (Å²) >= 11 is 0. The Balaban J connectivity index is 2.39. The Morgan fingerprint density at radius 1 is 1.19 bits per heavy atom. The molecule has 1 aromatic rings. The summed E-state index contributed by atoms with van der Waals surface area (Å²) < 4.78 is 53.6. The quantitative estimate of drug-likeness (QED) is 0.716. The second-order valence-electron chi connectivity index (χ2n) is 4.54. The van der Waals surface area contributed by atoms with Crippen LogP contribution in [0, 0.1) is 0 Å². The largest absolute Gasteiger partial charge is 0.465 e. The summed E-state index contributed by atoms with van der Waals surface area (Å²) in [7, 11) is -5.95. The first-order chi connectivity index (χ1) is 9.78. The standard InChI is InChI=1S/C12H15NO6S2/c1-19-12(14)10-4-2-3-5-11(10)21(17,18)13-6-8-20(15,16)9-7-13/h2-5H,6-9H2,1H3. The number of hydrogen-bond donors (Lipinski definition) is 0. The zero-order valence-electron chi connectivity index (χ0n) is 11.4. The first-order valence-electron chi connectivity index (χ1n) is 6.16. The third kappa shape index (κ3) is 3.25. The molecule has 1 heterocycles. The minimum absolute atomic E-state index is 0.0616. The van der Waals surface area contributed by atoms with Gasteiger partial charge in [0, 0.05) is 13.1 Å². The van der Waals surface area contributed by atoms with Gasteiger partial charge < -0.3 is 4.74 Å². The van der Waals surface area contributed by atoms with Crippen molar-refractivity contribution < 1.29 is 26.4 Å². The number of methoxy groups -OCH3 is 1. The Labute approximate surface area is 123 Å². The van der Waals surface area contributed by atoms with E-state index in [-0.39, 0.29) is 35.1 Å². The molecule has 0 N–H and O–H groups in total. The Kier molecular flexibility index (Phi) is 4.35. The van der Waals surface area contributed by atoms with Crippen LogP contribution in [0.1, 0.15) is 10.4 Å². The molecule has 1 aliphatic rings. The molecule has 21 heavy (non-hydrogen) atoms. The van der Waals surface area contributed by atoms with Gasteiger partial charge in [0.1, 0.15) is 0 Å². The molecule has 0 radical (unpaired) electrons. The van der Waals surface area contributed by atoms with Gasteiger partial charge in [0.2, 0.25) is 10.0 Å². The molecule has 116 valence electrons. The van der Waals surface area contributed by atoms with Crippen LogP contribution in [0.3, 0.4) is 0 Å². The van der Waals surface area contributed by atoms with Gasteiger partial charge in [0.05, 0.1) is 29.1 Å². The van der Waals surface area contributed by atoms with Crippen molar-refractivity contribution in [2.75, 3.05) is 31.7 Å². The number of carbonyl (C=O) groups excluding carboxylic acids is 1. The van der Waals surface area contributed by atoms with Crippen LogP contribution in [0.2, 0.25) is 0 Å². The molecule has 0 aliphatic carbocycles. The van der Waals surface area contributed by atoms with E-state index in [4.69, 9.17) is 0 Å². The molecule has 1 saturated heterocycles. The highest BCUT2D eigenvalue weighted by molar-refractivity contribution is 7.92. The van der Waals surface area contributed by atoms with Gasteiger partial charge in [-0.1, -0.05) is 12.1 Å². The molecular formula is C12H15NO6S2. The van der Waals surface area contributed by atoms with Gasteiger partial charge >= 0.3 is 5.97 Å². The van der Waals surface area contributed by atoms with Crippen LogP contribution < -0.4 is 0 Å². The van der Waals surface area contributed by atoms with Crippen molar-refractivity contribution in [2.24, 2.45) is 0 Å². The van der Waals surface area contributed by atoms with Gasteiger partial charge in [-0.2, -0.15) is 4.31 Å². The predicted molar refractivity (Wildman–Crippen MR) is 75.2 cm³/mol. The monoisotopic (exact) mass is 333 g/mol. The third-order valence-corrected chi connectivity index (χ3v) is 6.78. The number of rotatable bonds is 3. The minimum Gasteiger partial charge on any atom is -0.465 e. The summed E-state index contributed by atoms with van der Waals surface area (Å²) in [5.41, 5.74) is -0.0616. The lowest BCUT2D eigenvalue weighted by Crippen LogP contribution is -2.44. The second kappa shape index (κ2) is 5.74. The number of benzene rings is 1. The lowest BCUT2D eigenvalue weighted by molar-refractivity contribution is 0.0596. The normalized spacial score (nSPS) is 19.1. The highest BCUT2D eigenvalue weighted by atomic mass is 32.2. The number of hydrogen-bond acceptors (Lipinski definition) is 6. The van der Waals surface area contributed by atoms with Gasteiger partial charge in [-0.25, -0.2) is 21.6 Å². The van der Waals surface area contributed by atoms with Crippen molar-refractivity contribution in [1.82, 2.24) is 4.31 Å². The Morgan fingerprint density at radius 3 is 2.33 bits per heavy atom. The fourth-order valence-electron chi connectivity index (χ4n) is 2.05. The molecule has 1 aliphatic heterocycles. The van der Waals surface area contributed by atoms with Crippen molar-refractivity contribution in [2.45, 2.75) is 4.90 Å². The lowest BCUT2D eigenvalue weighted by Gasteiger charge is -2.26. The topological polar surface area (TPSA) is 97.8 Å². The van der Waals surface area contributed by atoms with Crippen molar-refractivity contribution in [3.63, 3.8) is 0 Å². The van der Waals surface area contributed by atoms with Gasteiger partial charge in [-0.3, -0.25) is 0 Å². The zero-order chi connectivity index (χ0) is 15.7. The zero-order valence-corrected chi connectivity index (χ0v) is 13.0. The number of esters is 1. The molecule has 0 bridgehead atoms. The van der Waals surface area contributed by atoms with Crippen LogP contribution in [0.25, 0.3) is 0 Å². The Morgan fingerprint density at radius 2 is 1.76 bits per heavy atom. The highest BCUT2D eigenvalue weighted by Crippen LogP contribution is 2.22. The van der Waals surface area contributed by atoms with Crippen molar-refractivity contribution >= 4 is 25.8 Å². The molecule has 9 heteroatoms. The molecule has 0 unspecified atom stereocenters. The van der Waals surface area contributed by atoms with E-state index in [9.17, 15) is 21.6 Å². The van der Waals surface area contributed by atoms with E-state index in [1.54, 1.807) is 0 Å². The number of sulfonamides is 1. The smallest absolute Gasteiger partial charge is 0.339 e. The van der Waals surface area contributed by atoms with Crippen molar-refractivity contribution in [3.05, 3.63) is 29.8 Å². The van der Waals surface area contributed by atoms with Gasteiger partial charge in [0.15, 0.2) is 9.84 Å². The average molecular weight is 333 g/mol. The van der Waals surface area contributed by atoms with Gasteiger partial charge in [-0.05, 0) is 12.1 Å².